The standard InChI is InChI=1S/C31H31N5O2/c1-17-2-9-27(32-16-17)35-30(37)21-5-3-20(4-6-21)29-33-25-8-7-22(15-26(25)34-29)31(38)36-28-23-11-18-10-19(13-23)14-24(28)12-18/h2-9,15-16,18-19,23-24,28H,10-14H2,1H3,(H,33,34)(H,36,38)(H,32,35,37)/t18-,19+,23-,24?,28?. The summed E-state index contributed by atoms with van der Waals surface area (Å²) in [6, 6.07) is 17.0. The van der Waals surface area contributed by atoms with E-state index in [-0.39, 0.29) is 11.8 Å². The Morgan fingerprint density at radius 2 is 1.55 bits per heavy atom. The van der Waals surface area contributed by atoms with Crippen molar-refractivity contribution < 1.29 is 9.59 Å². The molecule has 4 bridgehead atoms. The van der Waals surface area contributed by atoms with E-state index < -0.39 is 0 Å². The number of rotatable bonds is 5. The number of amides is 2. The Balaban J connectivity index is 1.05. The Morgan fingerprint density at radius 3 is 2.24 bits per heavy atom. The Kier molecular flexibility index (Phi) is 5.53. The molecule has 7 heteroatoms. The number of aryl methyl sites for hydroxylation is 1. The van der Waals surface area contributed by atoms with E-state index in [2.05, 4.69) is 20.6 Å². The summed E-state index contributed by atoms with van der Waals surface area (Å²) in [7, 11) is 0. The molecule has 2 aromatic carbocycles. The number of hydrogen-bond acceptors (Lipinski definition) is 4. The van der Waals surface area contributed by atoms with Crippen LogP contribution in [0.5, 0.6) is 0 Å². The Labute approximate surface area is 221 Å². The normalized spacial score (nSPS) is 25.4. The predicted octanol–water partition coefficient (Wildman–Crippen LogP) is 5.74. The van der Waals surface area contributed by atoms with Crippen LogP contribution in [0.2, 0.25) is 0 Å². The van der Waals surface area contributed by atoms with Gasteiger partial charge in [-0.05, 0) is 105 Å². The summed E-state index contributed by atoms with van der Waals surface area (Å²) in [5.74, 6) is 4.08. The number of pyridine rings is 1. The molecule has 192 valence electrons. The summed E-state index contributed by atoms with van der Waals surface area (Å²) in [6.07, 6.45) is 8.25. The van der Waals surface area contributed by atoms with Gasteiger partial charge in [0.05, 0.1) is 11.0 Å². The van der Waals surface area contributed by atoms with Gasteiger partial charge in [0.1, 0.15) is 11.6 Å². The second-order valence-corrected chi connectivity index (χ2v) is 11.5. The van der Waals surface area contributed by atoms with Crippen LogP contribution in [0.3, 0.4) is 0 Å². The van der Waals surface area contributed by atoms with Gasteiger partial charge in [0.25, 0.3) is 11.8 Å². The third-order valence-electron chi connectivity index (χ3n) is 8.84. The summed E-state index contributed by atoms with van der Waals surface area (Å²) in [4.78, 5) is 38.1. The van der Waals surface area contributed by atoms with Crippen LogP contribution in [0.1, 0.15) is 58.4 Å². The maximum atomic E-state index is 13.2. The third kappa shape index (κ3) is 4.26. The minimum atomic E-state index is -0.215. The van der Waals surface area contributed by atoms with Crippen LogP contribution >= 0.6 is 0 Å². The molecule has 0 unspecified atom stereocenters. The second kappa shape index (κ2) is 9.08. The summed E-state index contributed by atoms with van der Waals surface area (Å²) >= 11 is 0. The number of aromatic amines is 1. The van der Waals surface area contributed by atoms with Crippen LogP contribution in [0.25, 0.3) is 22.4 Å². The first-order chi connectivity index (χ1) is 18.5. The lowest BCUT2D eigenvalue weighted by Crippen LogP contribution is -2.55. The topological polar surface area (TPSA) is 99.8 Å². The van der Waals surface area contributed by atoms with Gasteiger partial charge in [-0.25, -0.2) is 9.97 Å². The van der Waals surface area contributed by atoms with Gasteiger partial charge in [0.2, 0.25) is 0 Å². The van der Waals surface area contributed by atoms with E-state index in [1.807, 2.05) is 43.3 Å². The molecule has 4 fully saturated rings. The molecule has 8 rings (SSSR count). The van der Waals surface area contributed by atoms with Crippen molar-refractivity contribution in [2.24, 2.45) is 23.7 Å². The van der Waals surface area contributed by atoms with E-state index in [9.17, 15) is 9.59 Å². The molecule has 0 saturated heterocycles. The monoisotopic (exact) mass is 505 g/mol. The maximum Gasteiger partial charge on any atom is 0.256 e. The van der Waals surface area contributed by atoms with Gasteiger partial charge in [0, 0.05) is 28.9 Å². The fourth-order valence-electron chi connectivity index (χ4n) is 7.19. The van der Waals surface area contributed by atoms with Crippen LogP contribution < -0.4 is 10.6 Å². The summed E-state index contributed by atoms with van der Waals surface area (Å²) in [5, 5.41) is 6.22. The Hall–Kier alpha value is -4.00. The summed E-state index contributed by atoms with van der Waals surface area (Å²) in [6.45, 7) is 1.95. The van der Waals surface area contributed by atoms with Gasteiger partial charge in [-0.2, -0.15) is 0 Å². The number of fused-ring (bicyclic) bond motifs is 1. The molecule has 0 spiro atoms. The van der Waals surface area contributed by atoms with Gasteiger partial charge in [-0.3, -0.25) is 9.59 Å². The lowest BCUT2D eigenvalue weighted by Gasteiger charge is -2.54. The van der Waals surface area contributed by atoms with Crippen molar-refractivity contribution in [2.45, 2.75) is 45.1 Å². The van der Waals surface area contributed by atoms with Crippen LogP contribution in [-0.4, -0.2) is 32.8 Å². The molecule has 3 N–H and O–H groups in total. The molecule has 7 nitrogen and oxygen atoms in total. The van der Waals surface area contributed by atoms with Crippen molar-refractivity contribution in [2.75, 3.05) is 5.32 Å². The van der Waals surface area contributed by atoms with Crippen LogP contribution in [-0.2, 0) is 0 Å². The zero-order valence-corrected chi connectivity index (χ0v) is 21.4. The van der Waals surface area contributed by atoms with Crippen molar-refractivity contribution in [1.29, 1.82) is 0 Å². The lowest BCUT2D eigenvalue weighted by atomic mass is 9.54. The predicted molar refractivity (Wildman–Crippen MR) is 147 cm³/mol. The smallest absolute Gasteiger partial charge is 0.256 e. The average Bonchev–Trinajstić information content (AvgIpc) is 3.35. The van der Waals surface area contributed by atoms with E-state index in [0.717, 1.165) is 34.0 Å². The number of nitrogens with one attached hydrogen (secondary N) is 3. The first kappa shape index (κ1) is 23.1. The van der Waals surface area contributed by atoms with Crippen molar-refractivity contribution in [1.82, 2.24) is 20.3 Å². The quantitative estimate of drug-likeness (QED) is 0.322. The molecule has 0 radical (unpaired) electrons. The molecule has 2 amide bonds. The van der Waals surface area contributed by atoms with E-state index in [4.69, 9.17) is 4.98 Å². The van der Waals surface area contributed by atoms with E-state index in [1.54, 1.807) is 24.4 Å². The number of hydrogen-bond donors (Lipinski definition) is 3. The van der Waals surface area contributed by atoms with Crippen LogP contribution in [0.15, 0.2) is 60.8 Å². The number of H-pyrrole nitrogens is 1. The van der Waals surface area contributed by atoms with Gasteiger partial charge < -0.3 is 15.6 Å². The zero-order valence-electron chi connectivity index (χ0n) is 21.4. The zero-order chi connectivity index (χ0) is 25.8. The SMILES string of the molecule is Cc1ccc(NC(=O)c2ccc(-c3nc4cc(C(=O)NC5C6C[C@H]7C[C@@H](C6)C[C@@H]5C7)ccc4[nH]3)cc2)nc1. The first-order valence-electron chi connectivity index (χ1n) is 13.6. The average molecular weight is 506 g/mol. The van der Waals surface area contributed by atoms with Crippen molar-refractivity contribution >= 4 is 28.7 Å². The fraction of sp³-hybridized carbons (Fsp3) is 0.355. The number of carbonyl (C=O) groups is 2. The molecular weight excluding hydrogens is 474 g/mol. The van der Waals surface area contributed by atoms with Crippen molar-refractivity contribution in [3.63, 3.8) is 0 Å². The van der Waals surface area contributed by atoms with Gasteiger partial charge >= 0.3 is 0 Å². The van der Waals surface area contributed by atoms with Crippen LogP contribution in [0, 0.1) is 30.6 Å². The summed E-state index contributed by atoms with van der Waals surface area (Å²) < 4.78 is 0. The maximum absolute atomic E-state index is 13.2. The molecule has 4 aliphatic carbocycles. The highest BCUT2D eigenvalue weighted by atomic mass is 16.2. The van der Waals surface area contributed by atoms with E-state index >= 15 is 0 Å². The molecule has 4 aliphatic rings. The number of benzene rings is 2. The number of nitrogens with zero attached hydrogens (tertiary/aromatic N) is 2. The molecule has 4 saturated carbocycles. The second-order valence-electron chi connectivity index (χ2n) is 11.5. The number of carbonyl (C=O) groups excluding carboxylic acids is 2. The van der Waals surface area contributed by atoms with Gasteiger partial charge in [0.15, 0.2) is 0 Å². The highest BCUT2D eigenvalue weighted by Gasteiger charge is 2.48. The lowest BCUT2D eigenvalue weighted by molar-refractivity contribution is -0.0119. The third-order valence-corrected chi connectivity index (χ3v) is 8.84. The molecule has 4 aromatic rings. The highest BCUT2D eigenvalue weighted by Crippen LogP contribution is 2.53. The molecule has 2 aromatic heterocycles. The number of imidazole rings is 1. The van der Waals surface area contributed by atoms with Crippen molar-refractivity contribution in [3.05, 3.63) is 77.5 Å². The van der Waals surface area contributed by atoms with Gasteiger partial charge in [-0.15, -0.1) is 0 Å². The molecule has 2 heterocycles. The number of anilines is 1. The first-order valence-corrected chi connectivity index (χ1v) is 13.6. The van der Waals surface area contributed by atoms with E-state index in [0.29, 0.717) is 40.6 Å². The molecule has 0 aliphatic heterocycles. The Bertz CT molecular complexity index is 1490. The fourth-order valence-corrected chi connectivity index (χ4v) is 7.19. The number of aromatic nitrogens is 3. The van der Waals surface area contributed by atoms with Crippen LogP contribution in [0.4, 0.5) is 5.82 Å². The molecule has 0 atom stereocenters. The van der Waals surface area contributed by atoms with Crippen molar-refractivity contribution in [3.8, 4) is 11.4 Å². The molecule has 38 heavy (non-hydrogen) atoms. The Morgan fingerprint density at radius 1 is 0.842 bits per heavy atom. The highest BCUT2D eigenvalue weighted by molar-refractivity contribution is 6.04. The minimum Gasteiger partial charge on any atom is -0.349 e. The minimum absolute atomic E-state index is 0.00681. The van der Waals surface area contributed by atoms with E-state index in [1.165, 1.54) is 32.1 Å². The molecular formula is C31H31N5O2. The largest absolute Gasteiger partial charge is 0.349 e. The van der Waals surface area contributed by atoms with Gasteiger partial charge in [-0.1, -0.05) is 18.2 Å². The summed E-state index contributed by atoms with van der Waals surface area (Å²) in [5.41, 5.74) is 4.72.